The molecule has 3 aromatic rings. The molecule has 18 heavy (non-hydrogen) atoms. The van der Waals surface area contributed by atoms with E-state index in [2.05, 4.69) is 65.7 Å². The fourth-order valence-corrected chi connectivity index (χ4v) is 3.52. The fraction of sp³-hybridized carbons (Fsp3) is 0.200. The maximum atomic E-state index is 6.07. The molecule has 1 heterocycles. The Balaban J connectivity index is 2.67. The summed E-state index contributed by atoms with van der Waals surface area (Å²) in [6, 6.07) is 6.20. The van der Waals surface area contributed by atoms with Crippen LogP contribution >= 0.6 is 22.6 Å². The molecule has 3 rings (SSSR count). The highest BCUT2D eigenvalue weighted by Crippen LogP contribution is 2.36. The summed E-state index contributed by atoms with van der Waals surface area (Å²) in [4.78, 5) is 0. The Morgan fingerprint density at radius 2 is 1.72 bits per heavy atom. The lowest BCUT2D eigenvalue weighted by atomic mass is 9.99. The average Bonchev–Trinajstić information content (AvgIpc) is 2.75. The molecule has 3 radical (unpaired) electrons. The first-order valence-electron chi connectivity index (χ1n) is 5.84. The average molecular weight is 363 g/mol. The Morgan fingerprint density at radius 3 is 2.44 bits per heavy atom. The van der Waals surface area contributed by atoms with Gasteiger partial charge < -0.3 is 4.42 Å². The van der Waals surface area contributed by atoms with Crippen molar-refractivity contribution in [1.82, 2.24) is 0 Å². The number of rotatable bonds is 0. The van der Waals surface area contributed by atoms with E-state index >= 15 is 0 Å². The molecule has 0 saturated heterocycles. The van der Waals surface area contributed by atoms with Crippen LogP contribution in [0, 0.1) is 24.3 Å². The van der Waals surface area contributed by atoms with Gasteiger partial charge in [0.15, 0.2) is 0 Å². The summed E-state index contributed by atoms with van der Waals surface area (Å²) < 4.78 is 7.29. The molecule has 1 aromatic heterocycles. The second-order valence-electron chi connectivity index (χ2n) is 4.68. The first kappa shape index (κ1) is 12.2. The van der Waals surface area contributed by atoms with Crippen molar-refractivity contribution in [2.75, 3.05) is 0 Å². The maximum Gasteiger partial charge on any atom is 0.149 e. The number of hydrogen-bond acceptors (Lipinski definition) is 1. The van der Waals surface area contributed by atoms with Gasteiger partial charge in [-0.2, -0.15) is 0 Å². The minimum Gasteiger partial charge on any atom is -0.455 e. The molecular formula is C15H12IOSi. The molecule has 0 aliphatic rings. The van der Waals surface area contributed by atoms with Gasteiger partial charge in [0, 0.05) is 10.8 Å². The molecule has 0 N–H and O–H groups in total. The van der Waals surface area contributed by atoms with E-state index in [0.717, 1.165) is 16.4 Å². The first-order valence-corrected chi connectivity index (χ1v) is 7.42. The molecule has 3 heteroatoms. The summed E-state index contributed by atoms with van der Waals surface area (Å²) in [6.07, 6.45) is 0. The van der Waals surface area contributed by atoms with Gasteiger partial charge in [-0.3, -0.25) is 0 Å². The second-order valence-corrected chi connectivity index (χ2v) is 6.29. The number of benzene rings is 2. The van der Waals surface area contributed by atoms with Gasteiger partial charge in [-0.05, 0) is 65.2 Å². The van der Waals surface area contributed by atoms with Crippen molar-refractivity contribution in [2.24, 2.45) is 0 Å². The molecule has 0 fully saturated rings. The van der Waals surface area contributed by atoms with Crippen molar-refractivity contribution >= 4 is 60.0 Å². The Bertz CT molecular complexity index is 786. The quantitative estimate of drug-likeness (QED) is 0.436. The lowest BCUT2D eigenvalue weighted by Crippen LogP contribution is -2.00. The van der Waals surface area contributed by atoms with Crippen molar-refractivity contribution in [1.29, 1.82) is 0 Å². The highest BCUT2D eigenvalue weighted by molar-refractivity contribution is 14.1. The zero-order valence-corrected chi connectivity index (χ0v) is 13.7. The smallest absolute Gasteiger partial charge is 0.149 e. The van der Waals surface area contributed by atoms with E-state index in [0.29, 0.717) is 0 Å². The zero-order chi connectivity index (χ0) is 13.0. The molecule has 0 saturated carbocycles. The first-order chi connectivity index (χ1) is 8.52. The molecular weight excluding hydrogens is 351 g/mol. The third kappa shape index (κ3) is 1.50. The number of para-hydroxylation sites is 1. The number of furan rings is 1. The molecule has 0 spiro atoms. The van der Waals surface area contributed by atoms with Gasteiger partial charge in [0.05, 0.1) is 13.8 Å². The maximum absolute atomic E-state index is 6.07. The summed E-state index contributed by atoms with van der Waals surface area (Å²) in [5, 5.41) is 3.45. The SMILES string of the molecule is Cc1c(C)c(C)c2c(oc3c([Si])cccc32)c1I. The molecule has 0 aliphatic carbocycles. The predicted molar refractivity (Wildman–Crippen MR) is 86.0 cm³/mol. The van der Waals surface area contributed by atoms with Crippen molar-refractivity contribution in [2.45, 2.75) is 20.8 Å². The van der Waals surface area contributed by atoms with Gasteiger partial charge in [0.2, 0.25) is 0 Å². The summed E-state index contributed by atoms with van der Waals surface area (Å²) in [6.45, 7) is 6.52. The highest BCUT2D eigenvalue weighted by Gasteiger charge is 2.17. The third-order valence-corrected chi connectivity index (χ3v) is 5.44. The minimum absolute atomic E-state index is 0.940. The van der Waals surface area contributed by atoms with Crippen molar-refractivity contribution in [3.8, 4) is 0 Å². The summed E-state index contributed by atoms with van der Waals surface area (Å²) in [5.41, 5.74) is 5.94. The molecule has 0 amide bonds. The topological polar surface area (TPSA) is 13.1 Å². The van der Waals surface area contributed by atoms with Gasteiger partial charge in [0.25, 0.3) is 0 Å². The predicted octanol–water partition coefficient (Wildman–Crippen LogP) is 3.91. The standard InChI is InChI=1S/C15H12IOSi/c1-7-8(2)12-10-5-4-6-11(18)14(10)17-15(12)13(16)9(7)3/h4-6H,1-3H3. The summed E-state index contributed by atoms with van der Waals surface area (Å²) in [5.74, 6) is 0. The molecule has 0 bridgehead atoms. The minimum atomic E-state index is 0.940. The zero-order valence-electron chi connectivity index (χ0n) is 10.5. The molecule has 0 atom stereocenters. The van der Waals surface area contributed by atoms with Crippen molar-refractivity contribution in [3.05, 3.63) is 38.5 Å². The largest absolute Gasteiger partial charge is 0.455 e. The monoisotopic (exact) mass is 363 g/mol. The highest BCUT2D eigenvalue weighted by atomic mass is 127. The van der Waals surface area contributed by atoms with Crippen LogP contribution in [0.2, 0.25) is 0 Å². The molecule has 1 nitrogen and oxygen atoms in total. The van der Waals surface area contributed by atoms with Crippen LogP contribution in [0.3, 0.4) is 0 Å². The molecule has 89 valence electrons. The number of halogens is 1. The number of hydrogen-bond donors (Lipinski definition) is 0. The van der Waals surface area contributed by atoms with E-state index in [1.165, 1.54) is 31.0 Å². The molecule has 0 unspecified atom stereocenters. The van der Waals surface area contributed by atoms with Crippen molar-refractivity contribution < 1.29 is 4.42 Å². The van der Waals surface area contributed by atoms with Crippen LogP contribution in [0.25, 0.3) is 21.9 Å². The Hall–Kier alpha value is -0.813. The summed E-state index contributed by atoms with van der Waals surface area (Å²) in [7, 11) is 3.62. The fourth-order valence-electron chi connectivity index (χ4n) is 2.45. The van der Waals surface area contributed by atoms with Crippen LogP contribution in [0.15, 0.2) is 22.6 Å². The van der Waals surface area contributed by atoms with E-state index in [9.17, 15) is 0 Å². The third-order valence-electron chi connectivity index (χ3n) is 3.74. The normalized spacial score (nSPS) is 11.6. The van der Waals surface area contributed by atoms with Crippen LogP contribution < -0.4 is 5.19 Å². The second kappa shape index (κ2) is 4.10. The van der Waals surface area contributed by atoms with Gasteiger partial charge >= 0.3 is 0 Å². The van der Waals surface area contributed by atoms with E-state index in [-0.39, 0.29) is 0 Å². The lowest BCUT2D eigenvalue weighted by Gasteiger charge is -2.08. The van der Waals surface area contributed by atoms with Crippen LogP contribution in [0.1, 0.15) is 16.7 Å². The lowest BCUT2D eigenvalue weighted by molar-refractivity contribution is 0.668. The Kier molecular flexibility index (Phi) is 2.78. The summed E-state index contributed by atoms with van der Waals surface area (Å²) >= 11 is 2.38. The van der Waals surface area contributed by atoms with Gasteiger partial charge in [-0.15, -0.1) is 0 Å². The number of aryl methyl sites for hydroxylation is 1. The van der Waals surface area contributed by atoms with Crippen LogP contribution in [0.4, 0.5) is 0 Å². The molecule has 2 aromatic carbocycles. The van der Waals surface area contributed by atoms with Crippen LogP contribution in [-0.2, 0) is 0 Å². The van der Waals surface area contributed by atoms with Crippen LogP contribution in [0.5, 0.6) is 0 Å². The van der Waals surface area contributed by atoms with E-state index in [1.54, 1.807) is 0 Å². The van der Waals surface area contributed by atoms with Crippen molar-refractivity contribution in [3.63, 3.8) is 0 Å². The van der Waals surface area contributed by atoms with Gasteiger partial charge in [-0.25, -0.2) is 0 Å². The van der Waals surface area contributed by atoms with Crippen LogP contribution in [-0.4, -0.2) is 10.2 Å². The van der Waals surface area contributed by atoms with Gasteiger partial charge in [0.1, 0.15) is 11.2 Å². The number of fused-ring (bicyclic) bond motifs is 3. The van der Waals surface area contributed by atoms with Gasteiger partial charge in [-0.1, -0.05) is 18.2 Å². The Labute approximate surface area is 123 Å². The van der Waals surface area contributed by atoms with E-state index in [4.69, 9.17) is 4.42 Å². The Morgan fingerprint density at radius 1 is 1.00 bits per heavy atom. The van der Waals surface area contributed by atoms with E-state index < -0.39 is 0 Å². The molecule has 0 aliphatic heterocycles. The van der Waals surface area contributed by atoms with E-state index in [1.807, 2.05) is 6.07 Å².